The van der Waals surface area contributed by atoms with Gasteiger partial charge in [0.2, 0.25) is 0 Å². The zero-order chi connectivity index (χ0) is 17.1. The van der Waals surface area contributed by atoms with Crippen molar-refractivity contribution in [1.29, 1.82) is 0 Å². The highest BCUT2D eigenvalue weighted by molar-refractivity contribution is 7.12. The van der Waals surface area contributed by atoms with E-state index in [0.29, 0.717) is 11.5 Å². The third-order valence-electron chi connectivity index (χ3n) is 4.71. The molecule has 1 fully saturated rings. The molecule has 24 heavy (non-hydrogen) atoms. The summed E-state index contributed by atoms with van der Waals surface area (Å²) in [6.45, 7) is 3.46. The van der Waals surface area contributed by atoms with Crippen LogP contribution in [0.1, 0.15) is 44.0 Å². The second-order valence-electron chi connectivity index (χ2n) is 6.33. The molecule has 0 atom stereocenters. The number of hydrogen-bond acceptors (Lipinski definition) is 3. The first-order chi connectivity index (χ1) is 11.6. The van der Waals surface area contributed by atoms with Gasteiger partial charge in [-0.25, -0.2) is 4.79 Å². The minimum Gasteiger partial charge on any atom is -0.478 e. The van der Waals surface area contributed by atoms with E-state index >= 15 is 0 Å². The van der Waals surface area contributed by atoms with Gasteiger partial charge in [-0.15, -0.1) is 11.3 Å². The Morgan fingerprint density at radius 1 is 1.21 bits per heavy atom. The van der Waals surface area contributed by atoms with Gasteiger partial charge in [-0.3, -0.25) is 4.79 Å². The zero-order valence-electron chi connectivity index (χ0n) is 13.7. The summed E-state index contributed by atoms with van der Waals surface area (Å²) in [5.41, 5.74) is 2.33. The number of benzene rings is 1. The van der Waals surface area contributed by atoms with Crippen molar-refractivity contribution in [3.63, 3.8) is 0 Å². The van der Waals surface area contributed by atoms with Crippen LogP contribution in [-0.4, -0.2) is 35.0 Å². The summed E-state index contributed by atoms with van der Waals surface area (Å²) in [7, 11) is 0. The molecular weight excluding hydrogens is 322 g/mol. The Morgan fingerprint density at radius 2 is 1.92 bits per heavy atom. The van der Waals surface area contributed by atoms with E-state index < -0.39 is 5.97 Å². The second kappa shape index (κ2) is 7.18. The molecule has 5 heteroatoms. The van der Waals surface area contributed by atoms with Crippen LogP contribution in [0.2, 0.25) is 0 Å². The number of carbonyl (C=O) groups excluding carboxylic acids is 1. The van der Waals surface area contributed by atoms with Crippen molar-refractivity contribution in [1.82, 2.24) is 4.90 Å². The van der Waals surface area contributed by atoms with E-state index in [4.69, 9.17) is 0 Å². The number of likely N-dealkylation sites (tertiary alicyclic amines) is 1. The number of aromatic carboxylic acids is 1. The summed E-state index contributed by atoms with van der Waals surface area (Å²) < 4.78 is 0. The topological polar surface area (TPSA) is 57.6 Å². The lowest BCUT2D eigenvalue weighted by atomic mass is 9.88. The van der Waals surface area contributed by atoms with Gasteiger partial charge in [-0.2, -0.15) is 0 Å². The molecule has 1 aliphatic heterocycles. The first kappa shape index (κ1) is 16.7. The molecule has 2 aromatic rings. The lowest BCUT2D eigenvalue weighted by molar-refractivity contribution is 0.0694. The summed E-state index contributed by atoms with van der Waals surface area (Å²) >= 11 is 1.50. The Kier molecular flexibility index (Phi) is 5.00. The van der Waals surface area contributed by atoms with Gasteiger partial charge < -0.3 is 10.0 Å². The molecular formula is C19H21NO3S. The van der Waals surface area contributed by atoms with E-state index in [0.717, 1.165) is 48.4 Å². The molecule has 0 spiro atoms. The molecule has 3 rings (SSSR count). The number of rotatable bonds is 4. The van der Waals surface area contributed by atoms with E-state index in [1.54, 1.807) is 12.1 Å². The van der Waals surface area contributed by atoms with Gasteiger partial charge in [0.05, 0.1) is 10.4 Å². The van der Waals surface area contributed by atoms with Crippen LogP contribution >= 0.6 is 11.3 Å². The maximum Gasteiger partial charge on any atom is 0.335 e. The Hall–Kier alpha value is -2.14. The molecule has 0 unspecified atom stereocenters. The monoisotopic (exact) mass is 343 g/mol. The zero-order valence-corrected chi connectivity index (χ0v) is 14.5. The van der Waals surface area contributed by atoms with Crippen LogP contribution in [0, 0.1) is 12.8 Å². The fourth-order valence-corrected chi connectivity index (χ4v) is 4.19. The SMILES string of the molecule is Cc1ccsc1C(=O)N1CCC(Cc2ccccc2C(=O)O)CC1. The molecule has 1 aromatic heterocycles. The van der Waals surface area contributed by atoms with Crippen LogP contribution in [0.25, 0.3) is 0 Å². The lowest BCUT2D eigenvalue weighted by Crippen LogP contribution is -2.38. The predicted molar refractivity (Wildman–Crippen MR) is 94.8 cm³/mol. The minimum absolute atomic E-state index is 0.131. The van der Waals surface area contributed by atoms with E-state index in [-0.39, 0.29) is 5.91 Å². The number of carboxylic acids is 1. The highest BCUT2D eigenvalue weighted by atomic mass is 32.1. The van der Waals surface area contributed by atoms with Gasteiger partial charge in [0, 0.05) is 13.1 Å². The molecule has 1 aromatic carbocycles. The van der Waals surface area contributed by atoms with Gasteiger partial charge in [-0.05, 0) is 60.7 Å². The average molecular weight is 343 g/mol. The molecule has 0 radical (unpaired) electrons. The Morgan fingerprint density at radius 3 is 2.54 bits per heavy atom. The van der Waals surface area contributed by atoms with Crippen LogP contribution in [-0.2, 0) is 6.42 Å². The Labute approximate surface area is 145 Å². The van der Waals surface area contributed by atoms with Crippen molar-refractivity contribution in [3.05, 3.63) is 57.3 Å². The summed E-state index contributed by atoms with van der Waals surface area (Å²) in [4.78, 5) is 26.6. The molecule has 0 saturated carbocycles. The standard InChI is InChI=1S/C19H21NO3S/c1-13-8-11-24-17(13)18(21)20-9-6-14(7-10-20)12-15-4-2-3-5-16(15)19(22)23/h2-5,8,11,14H,6-7,9-10,12H2,1H3,(H,22,23). The van der Waals surface area contributed by atoms with E-state index in [9.17, 15) is 14.7 Å². The Bertz CT molecular complexity index is 745. The molecule has 2 heterocycles. The highest BCUT2D eigenvalue weighted by Crippen LogP contribution is 2.26. The predicted octanol–water partition coefficient (Wildman–Crippen LogP) is 3.85. The number of carboxylic acid groups (broad SMARTS) is 1. The molecule has 126 valence electrons. The van der Waals surface area contributed by atoms with Gasteiger partial charge in [-0.1, -0.05) is 18.2 Å². The largest absolute Gasteiger partial charge is 0.478 e. The molecule has 1 amide bonds. The molecule has 4 nitrogen and oxygen atoms in total. The van der Waals surface area contributed by atoms with Gasteiger partial charge in [0.15, 0.2) is 0 Å². The third kappa shape index (κ3) is 3.51. The summed E-state index contributed by atoms with van der Waals surface area (Å²) in [5, 5.41) is 11.2. The highest BCUT2D eigenvalue weighted by Gasteiger charge is 2.26. The van der Waals surface area contributed by atoms with Crippen LogP contribution < -0.4 is 0 Å². The summed E-state index contributed by atoms with van der Waals surface area (Å²) in [5.74, 6) is -0.308. The van der Waals surface area contributed by atoms with Gasteiger partial charge >= 0.3 is 5.97 Å². The van der Waals surface area contributed by atoms with Crippen molar-refractivity contribution in [2.24, 2.45) is 5.92 Å². The van der Waals surface area contributed by atoms with Crippen molar-refractivity contribution in [2.45, 2.75) is 26.2 Å². The molecule has 1 saturated heterocycles. The Balaban J connectivity index is 1.61. The minimum atomic E-state index is -0.869. The maximum atomic E-state index is 12.5. The summed E-state index contributed by atoms with van der Waals surface area (Å²) in [6, 6.07) is 9.19. The first-order valence-electron chi connectivity index (χ1n) is 8.21. The van der Waals surface area contributed by atoms with Crippen molar-refractivity contribution in [3.8, 4) is 0 Å². The second-order valence-corrected chi connectivity index (χ2v) is 7.25. The quantitative estimate of drug-likeness (QED) is 0.917. The van der Waals surface area contributed by atoms with Crippen LogP contribution in [0.15, 0.2) is 35.7 Å². The number of amides is 1. The molecule has 1 aliphatic rings. The third-order valence-corrected chi connectivity index (χ3v) is 5.72. The number of thiophene rings is 1. The number of aryl methyl sites for hydroxylation is 1. The van der Waals surface area contributed by atoms with E-state index in [2.05, 4.69) is 0 Å². The lowest BCUT2D eigenvalue weighted by Gasteiger charge is -2.32. The van der Waals surface area contributed by atoms with Crippen LogP contribution in [0.4, 0.5) is 0 Å². The fourth-order valence-electron chi connectivity index (χ4n) is 3.29. The van der Waals surface area contributed by atoms with Crippen LogP contribution in [0.3, 0.4) is 0 Å². The van der Waals surface area contributed by atoms with Crippen molar-refractivity contribution < 1.29 is 14.7 Å². The average Bonchev–Trinajstić information content (AvgIpc) is 3.01. The van der Waals surface area contributed by atoms with E-state index in [1.165, 1.54) is 11.3 Å². The first-order valence-corrected chi connectivity index (χ1v) is 9.09. The smallest absolute Gasteiger partial charge is 0.335 e. The van der Waals surface area contributed by atoms with Crippen LogP contribution in [0.5, 0.6) is 0 Å². The maximum absolute atomic E-state index is 12.5. The van der Waals surface area contributed by atoms with Gasteiger partial charge in [0.1, 0.15) is 0 Å². The normalized spacial score (nSPS) is 15.5. The molecule has 0 bridgehead atoms. The fraction of sp³-hybridized carbons (Fsp3) is 0.368. The van der Waals surface area contributed by atoms with Crippen molar-refractivity contribution >= 4 is 23.2 Å². The van der Waals surface area contributed by atoms with Crippen molar-refractivity contribution in [2.75, 3.05) is 13.1 Å². The number of piperidine rings is 1. The number of hydrogen-bond donors (Lipinski definition) is 1. The summed E-state index contributed by atoms with van der Waals surface area (Å²) in [6.07, 6.45) is 2.61. The number of nitrogens with zero attached hydrogens (tertiary/aromatic N) is 1. The van der Waals surface area contributed by atoms with E-state index in [1.807, 2.05) is 35.4 Å². The molecule has 0 aliphatic carbocycles. The van der Waals surface area contributed by atoms with Gasteiger partial charge in [0.25, 0.3) is 5.91 Å². The number of carbonyl (C=O) groups is 2. The molecule has 1 N–H and O–H groups in total.